The quantitative estimate of drug-likeness (QED) is 0.591. The summed E-state index contributed by atoms with van der Waals surface area (Å²) < 4.78 is 10.6. The second kappa shape index (κ2) is 7.03. The first-order chi connectivity index (χ1) is 7.22. The van der Waals surface area contributed by atoms with Crippen molar-refractivity contribution in [1.82, 2.24) is 5.32 Å². The maximum atomic E-state index is 10.8. The number of thioether (sulfide) groups is 1. The third-order valence-electron chi connectivity index (χ3n) is 2.05. The van der Waals surface area contributed by atoms with Crippen LogP contribution in [0.5, 0.6) is 0 Å². The number of carbonyl (C=O) groups excluding carboxylic acids is 1. The molecule has 1 rings (SSSR count). The minimum atomic E-state index is -0.263. The molecule has 1 heterocycles. The van der Waals surface area contributed by atoms with Crippen LogP contribution in [0.25, 0.3) is 0 Å². The number of hydrogen-bond acceptors (Lipinski definition) is 5. The Morgan fingerprint density at radius 3 is 3.13 bits per heavy atom. The molecule has 0 radical (unpaired) electrons. The number of ether oxygens (including phenoxy) is 2. The van der Waals surface area contributed by atoms with Crippen LogP contribution in [0.1, 0.15) is 12.8 Å². The van der Waals surface area contributed by atoms with Gasteiger partial charge >= 0.3 is 5.97 Å². The molecule has 0 spiro atoms. The minimum absolute atomic E-state index is 0.258. The van der Waals surface area contributed by atoms with Crippen molar-refractivity contribution >= 4 is 34.3 Å². The Morgan fingerprint density at radius 2 is 2.53 bits per heavy atom. The van der Waals surface area contributed by atoms with Crippen LogP contribution in [0, 0.1) is 0 Å². The van der Waals surface area contributed by atoms with E-state index in [2.05, 4.69) is 10.1 Å². The summed E-state index contributed by atoms with van der Waals surface area (Å²) in [6, 6.07) is 0. The number of thiocarbonyl (C=S) groups is 1. The summed E-state index contributed by atoms with van der Waals surface area (Å²) in [5.74, 6) is -0.00492. The lowest BCUT2D eigenvalue weighted by molar-refractivity contribution is -0.137. The summed E-state index contributed by atoms with van der Waals surface area (Å²) in [6.07, 6.45) is 2.47. The van der Waals surface area contributed by atoms with E-state index in [-0.39, 0.29) is 17.8 Å². The largest absolute Gasteiger partial charge is 0.468 e. The zero-order chi connectivity index (χ0) is 11.1. The molecule has 1 fully saturated rings. The van der Waals surface area contributed by atoms with Gasteiger partial charge in [-0.15, -0.1) is 0 Å². The van der Waals surface area contributed by atoms with E-state index in [1.165, 1.54) is 18.9 Å². The molecule has 0 aromatic carbocycles. The van der Waals surface area contributed by atoms with Crippen LogP contribution in [0.4, 0.5) is 0 Å². The molecule has 0 bridgehead atoms. The number of hydrogen-bond donors (Lipinski definition) is 1. The summed E-state index contributed by atoms with van der Waals surface area (Å²) in [7, 11) is 1.37. The Bertz CT molecular complexity index is 229. The average Bonchev–Trinajstić information content (AvgIpc) is 2.75. The van der Waals surface area contributed by atoms with E-state index < -0.39 is 0 Å². The van der Waals surface area contributed by atoms with E-state index in [0.717, 1.165) is 26.0 Å². The zero-order valence-corrected chi connectivity index (χ0v) is 10.3. The first-order valence-electron chi connectivity index (χ1n) is 4.81. The number of esters is 1. The van der Waals surface area contributed by atoms with Crippen LogP contribution >= 0.6 is 24.0 Å². The average molecular weight is 249 g/mol. The SMILES string of the molecule is COC(=O)CSC(=S)NCC1CCCO1. The molecule has 0 aromatic heterocycles. The van der Waals surface area contributed by atoms with Crippen LogP contribution in [0.15, 0.2) is 0 Å². The van der Waals surface area contributed by atoms with Crippen molar-refractivity contribution in [3.63, 3.8) is 0 Å². The normalized spacial score (nSPS) is 19.9. The minimum Gasteiger partial charge on any atom is -0.468 e. The van der Waals surface area contributed by atoms with Crippen molar-refractivity contribution in [2.45, 2.75) is 18.9 Å². The third-order valence-corrected chi connectivity index (χ3v) is 3.33. The van der Waals surface area contributed by atoms with Crippen molar-refractivity contribution in [2.24, 2.45) is 0 Å². The van der Waals surface area contributed by atoms with Gasteiger partial charge in [-0.3, -0.25) is 4.79 Å². The first-order valence-corrected chi connectivity index (χ1v) is 6.21. The van der Waals surface area contributed by atoms with E-state index in [9.17, 15) is 4.79 Å². The molecule has 0 aliphatic carbocycles. The molecular formula is C9H15NO3S2. The smallest absolute Gasteiger partial charge is 0.316 e. The Morgan fingerprint density at radius 1 is 1.73 bits per heavy atom. The highest BCUT2D eigenvalue weighted by Gasteiger charge is 2.15. The Hall–Kier alpha value is -0.330. The molecule has 1 aliphatic heterocycles. The van der Waals surface area contributed by atoms with Crippen LogP contribution < -0.4 is 5.32 Å². The molecule has 0 aromatic rings. The number of methoxy groups -OCH3 is 1. The molecule has 1 aliphatic rings. The van der Waals surface area contributed by atoms with Gasteiger partial charge in [-0.05, 0) is 12.8 Å². The lowest BCUT2D eigenvalue weighted by Crippen LogP contribution is -2.29. The maximum absolute atomic E-state index is 10.8. The van der Waals surface area contributed by atoms with Gasteiger partial charge in [-0.1, -0.05) is 24.0 Å². The monoisotopic (exact) mass is 249 g/mol. The fraction of sp³-hybridized carbons (Fsp3) is 0.778. The standard InChI is InChI=1S/C9H15NO3S2/c1-12-8(11)6-15-9(14)10-5-7-3-2-4-13-7/h7H,2-6H2,1H3,(H,10,14). The van der Waals surface area contributed by atoms with Crippen LogP contribution in [-0.2, 0) is 14.3 Å². The third kappa shape index (κ3) is 5.34. The molecule has 1 saturated heterocycles. The Kier molecular flexibility index (Phi) is 5.97. The van der Waals surface area contributed by atoms with Crippen LogP contribution in [0.3, 0.4) is 0 Å². The number of nitrogens with one attached hydrogen (secondary N) is 1. The predicted molar refractivity (Wildman–Crippen MR) is 64.0 cm³/mol. The lowest BCUT2D eigenvalue weighted by atomic mass is 10.2. The van der Waals surface area contributed by atoms with Crippen molar-refractivity contribution in [2.75, 3.05) is 26.0 Å². The van der Waals surface area contributed by atoms with Crippen molar-refractivity contribution in [1.29, 1.82) is 0 Å². The van der Waals surface area contributed by atoms with Crippen molar-refractivity contribution < 1.29 is 14.3 Å². The van der Waals surface area contributed by atoms with Gasteiger partial charge in [0.1, 0.15) is 4.32 Å². The molecule has 4 nitrogen and oxygen atoms in total. The second-order valence-electron chi connectivity index (χ2n) is 3.17. The topological polar surface area (TPSA) is 47.6 Å². The predicted octanol–water partition coefficient (Wildman–Crippen LogP) is 0.946. The molecule has 6 heteroatoms. The van der Waals surface area contributed by atoms with Crippen molar-refractivity contribution in [3.05, 3.63) is 0 Å². The number of rotatable bonds is 4. The van der Waals surface area contributed by atoms with E-state index in [4.69, 9.17) is 17.0 Å². The van der Waals surface area contributed by atoms with Gasteiger partial charge in [-0.2, -0.15) is 0 Å². The molecular weight excluding hydrogens is 234 g/mol. The fourth-order valence-corrected chi connectivity index (χ4v) is 2.05. The van der Waals surface area contributed by atoms with Crippen molar-refractivity contribution in [3.8, 4) is 0 Å². The summed E-state index contributed by atoms with van der Waals surface area (Å²) in [5.41, 5.74) is 0. The van der Waals surface area contributed by atoms with Gasteiger partial charge in [0.05, 0.1) is 19.0 Å². The second-order valence-corrected chi connectivity index (χ2v) is 4.82. The molecule has 1 atom stereocenters. The first kappa shape index (κ1) is 12.7. The summed E-state index contributed by atoms with van der Waals surface area (Å²) in [6.45, 7) is 1.57. The molecule has 1 N–H and O–H groups in total. The number of carbonyl (C=O) groups is 1. The van der Waals surface area contributed by atoms with Crippen LogP contribution in [-0.4, -0.2) is 42.4 Å². The molecule has 15 heavy (non-hydrogen) atoms. The molecule has 0 saturated carbocycles. The highest BCUT2D eigenvalue weighted by atomic mass is 32.2. The fourth-order valence-electron chi connectivity index (χ4n) is 1.24. The summed E-state index contributed by atoms with van der Waals surface area (Å²) >= 11 is 6.33. The van der Waals surface area contributed by atoms with Gasteiger partial charge in [0, 0.05) is 13.2 Å². The highest BCUT2D eigenvalue weighted by Crippen LogP contribution is 2.11. The summed E-state index contributed by atoms with van der Waals surface area (Å²) in [5, 5.41) is 3.07. The molecule has 86 valence electrons. The maximum Gasteiger partial charge on any atom is 0.316 e. The van der Waals surface area contributed by atoms with Gasteiger partial charge < -0.3 is 14.8 Å². The van der Waals surface area contributed by atoms with E-state index in [1.54, 1.807) is 0 Å². The van der Waals surface area contributed by atoms with Gasteiger partial charge in [0.25, 0.3) is 0 Å². The zero-order valence-electron chi connectivity index (χ0n) is 8.65. The van der Waals surface area contributed by atoms with E-state index in [0.29, 0.717) is 4.32 Å². The van der Waals surface area contributed by atoms with Gasteiger partial charge in [0.2, 0.25) is 0 Å². The highest BCUT2D eigenvalue weighted by molar-refractivity contribution is 8.23. The lowest BCUT2D eigenvalue weighted by Gasteiger charge is -2.11. The molecule has 1 unspecified atom stereocenters. The Labute approximate surface area is 99.1 Å². The summed E-state index contributed by atoms with van der Waals surface area (Å²) in [4.78, 5) is 10.8. The van der Waals surface area contributed by atoms with Crippen LogP contribution in [0.2, 0.25) is 0 Å². The van der Waals surface area contributed by atoms with E-state index >= 15 is 0 Å². The van der Waals surface area contributed by atoms with E-state index in [1.807, 2.05) is 0 Å². The molecule has 0 amide bonds. The van der Waals surface area contributed by atoms with Gasteiger partial charge in [-0.25, -0.2) is 0 Å². The Balaban J connectivity index is 2.05. The van der Waals surface area contributed by atoms with Gasteiger partial charge in [0.15, 0.2) is 0 Å².